The van der Waals surface area contributed by atoms with E-state index in [4.69, 9.17) is 0 Å². The number of fused-ring (bicyclic) bond motifs is 1. The van der Waals surface area contributed by atoms with Gasteiger partial charge in [0.05, 0.1) is 34.7 Å². The third kappa shape index (κ3) is 5.70. The molecule has 0 bridgehead atoms. The number of rotatable bonds is 7. The van der Waals surface area contributed by atoms with E-state index in [2.05, 4.69) is 15.6 Å². The highest BCUT2D eigenvalue weighted by Crippen LogP contribution is 2.26. The molecule has 37 heavy (non-hydrogen) atoms. The molecule has 0 saturated carbocycles. The molecule has 3 N–H and O–H groups in total. The summed E-state index contributed by atoms with van der Waals surface area (Å²) in [5, 5.41) is 27.1. The Morgan fingerprint density at radius 1 is 1.22 bits per heavy atom. The number of aliphatic hydroxyl groups is 1. The van der Waals surface area contributed by atoms with Crippen LogP contribution in [-0.4, -0.2) is 62.9 Å². The van der Waals surface area contributed by atoms with E-state index in [0.29, 0.717) is 16.5 Å². The van der Waals surface area contributed by atoms with Crippen LogP contribution in [0.4, 0.5) is 10.1 Å². The number of amides is 3. The first-order valence-electron chi connectivity index (χ1n) is 11.5. The Morgan fingerprint density at radius 2 is 1.97 bits per heavy atom. The minimum atomic E-state index is -1.02. The molecule has 1 aliphatic rings. The number of carbonyl (C=O) groups is 3. The summed E-state index contributed by atoms with van der Waals surface area (Å²) < 4.78 is 13.4. The first-order valence-corrected chi connectivity index (χ1v) is 11.5. The minimum Gasteiger partial charge on any atom is -0.391 e. The van der Waals surface area contributed by atoms with Crippen LogP contribution in [0.15, 0.2) is 54.6 Å². The molecule has 1 aliphatic heterocycles. The highest BCUT2D eigenvalue weighted by Gasteiger charge is 2.39. The molecule has 1 unspecified atom stereocenters. The number of β-amino-alcohol motifs (C(OH)–C–C–N with tert-alkyl or cyclic N) is 1. The van der Waals surface area contributed by atoms with E-state index >= 15 is 0 Å². The summed E-state index contributed by atoms with van der Waals surface area (Å²) in [6, 6.07) is 11.1. The fraction of sp³-hybridized carbons (Fsp3) is 0.280. The summed E-state index contributed by atoms with van der Waals surface area (Å²) in [7, 11) is 0. The number of nitrogens with one attached hydrogen (secondary N) is 2. The van der Waals surface area contributed by atoms with Crippen molar-refractivity contribution >= 4 is 34.3 Å². The van der Waals surface area contributed by atoms with Gasteiger partial charge in [-0.15, -0.1) is 0 Å². The van der Waals surface area contributed by atoms with Gasteiger partial charge in [0.25, 0.3) is 11.6 Å². The molecule has 2 heterocycles. The maximum atomic E-state index is 13.4. The molecule has 1 fully saturated rings. The van der Waals surface area contributed by atoms with Crippen molar-refractivity contribution in [3.63, 3.8) is 0 Å². The van der Waals surface area contributed by atoms with Crippen molar-refractivity contribution in [3.8, 4) is 0 Å². The number of hydrogen-bond acceptors (Lipinski definition) is 7. The summed E-state index contributed by atoms with van der Waals surface area (Å²) in [5.74, 6) is -2.23. The molecule has 2 aromatic carbocycles. The second-order valence-corrected chi connectivity index (χ2v) is 8.71. The number of carbonyl (C=O) groups excluding carboxylic acids is 3. The number of nitro benzene ring substituents is 1. The molecule has 12 heteroatoms. The molecule has 3 amide bonds. The summed E-state index contributed by atoms with van der Waals surface area (Å²) >= 11 is 0. The van der Waals surface area contributed by atoms with E-state index in [1.807, 2.05) is 0 Å². The zero-order valence-corrected chi connectivity index (χ0v) is 19.8. The van der Waals surface area contributed by atoms with E-state index in [1.54, 1.807) is 13.0 Å². The predicted octanol–water partition coefficient (Wildman–Crippen LogP) is 1.85. The van der Waals surface area contributed by atoms with E-state index in [0.717, 1.165) is 0 Å². The molecule has 3 atom stereocenters. The van der Waals surface area contributed by atoms with E-state index in [-0.39, 0.29) is 24.3 Å². The number of pyridine rings is 1. The SMILES string of the molecule is C[C@@H](NC(=O)[C@@H]1CC(O)CN1C(=O)CNC(=O)c1ccc2cc(F)ccc2n1)c1ccccc1[N+](=O)[O-]. The largest absolute Gasteiger partial charge is 0.391 e. The highest BCUT2D eigenvalue weighted by molar-refractivity contribution is 5.97. The number of aliphatic hydroxyl groups excluding tert-OH is 1. The van der Waals surface area contributed by atoms with Crippen LogP contribution >= 0.6 is 0 Å². The second kappa shape index (κ2) is 10.7. The molecule has 192 valence electrons. The van der Waals surface area contributed by atoms with Gasteiger partial charge < -0.3 is 20.6 Å². The molecule has 0 radical (unpaired) electrons. The number of nitrogens with zero attached hydrogens (tertiary/aromatic N) is 3. The average molecular weight is 509 g/mol. The molecular formula is C25H24FN5O6. The number of nitro groups is 1. The predicted molar refractivity (Wildman–Crippen MR) is 130 cm³/mol. The van der Waals surface area contributed by atoms with E-state index in [1.165, 1.54) is 53.4 Å². The van der Waals surface area contributed by atoms with Crippen LogP contribution < -0.4 is 10.6 Å². The van der Waals surface area contributed by atoms with Crippen LogP contribution in [0, 0.1) is 15.9 Å². The number of halogens is 1. The van der Waals surface area contributed by atoms with Crippen molar-refractivity contribution in [2.45, 2.75) is 31.5 Å². The number of benzene rings is 2. The van der Waals surface area contributed by atoms with Crippen LogP contribution in [0.25, 0.3) is 10.9 Å². The number of aromatic nitrogens is 1. The fourth-order valence-electron chi connectivity index (χ4n) is 4.32. The van der Waals surface area contributed by atoms with Crippen molar-refractivity contribution < 1.29 is 28.8 Å². The monoisotopic (exact) mass is 509 g/mol. The van der Waals surface area contributed by atoms with Gasteiger partial charge in [0.2, 0.25) is 11.8 Å². The maximum absolute atomic E-state index is 13.4. The van der Waals surface area contributed by atoms with Crippen LogP contribution in [-0.2, 0) is 9.59 Å². The smallest absolute Gasteiger partial charge is 0.274 e. The average Bonchev–Trinajstić information content (AvgIpc) is 3.28. The third-order valence-corrected chi connectivity index (χ3v) is 6.14. The van der Waals surface area contributed by atoms with Crippen LogP contribution in [0.3, 0.4) is 0 Å². The van der Waals surface area contributed by atoms with Gasteiger partial charge in [0.1, 0.15) is 17.6 Å². The summed E-state index contributed by atoms with van der Waals surface area (Å²) in [5.41, 5.74) is 0.591. The molecule has 1 saturated heterocycles. The lowest BCUT2D eigenvalue weighted by molar-refractivity contribution is -0.385. The molecule has 0 spiro atoms. The number of para-hydroxylation sites is 1. The Hall–Kier alpha value is -4.45. The Bertz CT molecular complexity index is 1380. The normalized spacial score (nSPS) is 17.9. The number of hydrogen-bond donors (Lipinski definition) is 3. The van der Waals surface area contributed by atoms with Gasteiger partial charge in [-0.2, -0.15) is 0 Å². The summed E-state index contributed by atoms with van der Waals surface area (Å²) in [6.07, 6.45) is -0.961. The van der Waals surface area contributed by atoms with Crippen molar-refractivity contribution in [1.29, 1.82) is 0 Å². The van der Waals surface area contributed by atoms with Gasteiger partial charge in [-0.25, -0.2) is 9.37 Å². The van der Waals surface area contributed by atoms with Crippen LogP contribution in [0.2, 0.25) is 0 Å². The van der Waals surface area contributed by atoms with Gasteiger partial charge in [0.15, 0.2) is 0 Å². The molecule has 1 aromatic heterocycles. The zero-order chi connectivity index (χ0) is 26.7. The zero-order valence-electron chi connectivity index (χ0n) is 19.8. The summed E-state index contributed by atoms with van der Waals surface area (Å²) in [4.78, 5) is 54.5. The van der Waals surface area contributed by atoms with Gasteiger partial charge in [-0.05, 0) is 31.2 Å². The summed E-state index contributed by atoms with van der Waals surface area (Å²) in [6.45, 7) is 1.04. The van der Waals surface area contributed by atoms with Crippen molar-refractivity contribution in [2.75, 3.05) is 13.1 Å². The topological polar surface area (TPSA) is 155 Å². The quantitative estimate of drug-likeness (QED) is 0.324. The lowest BCUT2D eigenvalue weighted by atomic mass is 10.1. The number of likely N-dealkylation sites (tertiary alicyclic amines) is 1. The van der Waals surface area contributed by atoms with Crippen molar-refractivity contribution in [2.24, 2.45) is 0 Å². The van der Waals surface area contributed by atoms with Gasteiger partial charge in [0, 0.05) is 24.4 Å². The lowest BCUT2D eigenvalue weighted by Gasteiger charge is -2.25. The first kappa shape index (κ1) is 25.6. The Balaban J connectivity index is 1.40. The van der Waals surface area contributed by atoms with Gasteiger partial charge in [-0.3, -0.25) is 24.5 Å². The van der Waals surface area contributed by atoms with Crippen molar-refractivity contribution in [1.82, 2.24) is 20.5 Å². The minimum absolute atomic E-state index is 0.0160. The third-order valence-electron chi connectivity index (χ3n) is 6.14. The van der Waals surface area contributed by atoms with Crippen molar-refractivity contribution in [3.05, 3.63) is 81.8 Å². The molecule has 11 nitrogen and oxygen atoms in total. The molecule has 0 aliphatic carbocycles. The van der Waals surface area contributed by atoms with Crippen LogP contribution in [0.1, 0.15) is 35.4 Å². The highest BCUT2D eigenvalue weighted by atomic mass is 19.1. The standard InChI is InChI=1S/C25H24FN5O6/c1-14(18-4-2-3-5-21(18)31(36)37)28-25(35)22-11-17(32)13-30(22)23(33)12-27-24(34)20-8-6-15-10-16(26)7-9-19(15)29-20/h2-10,14,17,22,32H,11-13H2,1H3,(H,27,34)(H,28,35)/t14-,17?,22+/m1/s1. The van der Waals surface area contributed by atoms with Gasteiger partial charge >= 0.3 is 0 Å². The first-order chi connectivity index (χ1) is 17.6. The Kier molecular flexibility index (Phi) is 7.39. The maximum Gasteiger partial charge on any atom is 0.274 e. The lowest BCUT2D eigenvalue weighted by Crippen LogP contribution is -2.49. The van der Waals surface area contributed by atoms with Crippen LogP contribution in [0.5, 0.6) is 0 Å². The molecule has 4 rings (SSSR count). The van der Waals surface area contributed by atoms with E-state index < -0.39 is 53.2 Å². The molecular weight excluding hydrogens is 485 g/mol. The Morgan fingerprint density at radius 3 is 2.73 bits per heavy atom. The Labute approximate surface area is 210 Å². The van der Waals surface area contributed by atoms with Gasteiger partial charge in [-0.1, -0.05) is 24.3 Å². The fourth-order valence-corrected chi connectivity index (χ4v) is 4.32. The second-order valence-electron chi connectivity index (χ2n) is 8.71. The van der Waals surface area contributed by atoms with E-state index in [9.17, 15) is 34.0 Å². The molecule has 3 aromatic rings.